The average molecular weight is 1590 g/mol. The normalized spacial score (nSPS) is 24.7. The lowest BCUT2D eigenvalue weighted by atomic mass is 9.95. The Hall–Kier alpha value is -10.0. The number of ether oxygens (including phenoxy) is 2. The zero-order valence-electron chi connectivity index (χ0n) is 65.7. The highest BCUT2D eigenvalue weighted by Gasteiger charge is 2.50. The maximum absolute atomic E-state index is 16.2. The molecule has 10 N–H and O–H groups in total. The number of fused-ring (bicyclic) bond motifs is 16. The smallest absolute Gasteiger partial charge is 0.246 e. The van der Waals surface area contributed by atoms with Crippen molar-refractivity contribution in [2.75, 3.05) is 74.1 Å². The first-order valence-corrected chi connectivity index (χ1v) is 39.2. The van der Waals surface area contributed by atoms with Crippen LogP contribution < -0.4 is 65.0 Å². The molecule has 31 heteroatoms. The van der Waals surface area contributed by atoms with Gasteiger partial charge in [0.2, 0.25) is 70.9 Å². The minimum absolute atomic E-state index is 0. The molecule has 612 valence electrons. The molecule has 29 nitrogen and oxygen atoms in total. The summed E-state index contributed by atoms with van der Waals surface area (Å²) in [6.45, 7) is 4.88. The van der Waals surface area contributed by atoms with Crippen LogP contribution >= 0.6 is 0 Å². The first kappa shape index (κ1) is 86.9. The van der Waals surface area contributed by atoms with Gasteiger partial charge in [0.15, 0.2) is 0 Å². The van der Waals surface area contributed by atoms with Crippen LogP contribution in [-0.2, 0) is 108 Å². The highest BCUT2D eigenvalue weighted by Crippen LogP contribution is 2.32. The largest absolute Gasteiger partial charge is 1.00 e. The number of nitrogens with zero attached hydrogens (tertiary/aromatic N) is 5. The van der Waals surface area contributed by atoms with E-state index in [1.165, 1.54) is 38.0 Å². The van der Waals surface area contributed by atoms with Crippen LogP contribution in [0.4, 0.5) is 4.39 Å². The van der Waals surface area contributed by atoms with Gasteiger partial charge in [-0.1, -0.05) is 73.5 Å². The number of hydrogen-bond acceptors (Lipinski definition) is 15. The van der Waals surface area contributed by atoms with E-state index in [1.54, 1.807) is 72.6 Å². The van der Waals surface area contributed by atoms with E-state index in [0.29, 0.717) is 96.9 Å². The maximum Gasteiger partial charge on any atom is 0.246 e. The summed E-state index contributed by atoms with van der Waals surface area (Å²) in [6.07, 6.45) is 3.06. The molecule has 6 aliphatic heterocycles. The fourth-order valence-corrected chi connectivity index (χ4v) is 15.3. The molecule has 2 saturated heterocycles. The van der Waals surface area contributed by atoms with Crippen LogP contribution in [-0.4, -0.2) is 234 Å². The van der Waals surface area contributed by atoms with Crippen molar-refractivity contribution in [2.45, 2.75) is 210 Å². The molecule has 113 heavy (non-hydrogen) atoms. The Morgan fingerprint density at radius 1 is 0.690 bits per heavy atom. The van der Waals surface area contributed by atoms with Crippen LogP contribution in [0.5, 0.6) is 5.75 Å². The number of carbonyl (C=O) groups excluding carboxylic acids is 12. The highest BCUT2D eigenvalue weighted by molar-refractivity contribution is 6.00. The number of halogens is 2. The van der Waals surface area contributed by atoms with Gasteiger partial charge in [0, 0.05) is 108 Å². The van der Waals surface area contributed by atoms with Gasteiger partial charge < -0.3 is 98.6 Å². The first-order valence-electron chi connectivity index (χ1n) is 39.2. The van der Waals surface area contributed by atoms with E-state index in [9.17, 15) is 33.9 Å². The van der Waals surface area contributed by atoms with Gasteiger partial charge in [0.05, 0.1) is 47.0 Å². The molecule has 12 bridgehead atoms. The monoisotopic (exact) mass is 1580 g/mol. The number of unbranched alkanes of at least 4 members (excludes halogenated alkanes) is 2. The molecule has 7 heterocycles. The lowest BCUT2D eigenvalue weighted by Crippen LogP contribution is -3.00. The third-order valence-corrected chi connectivity index (χ3v) is 21.7. The molecule has 1 aromatic heterocycles. The third-order valence-electron chi connectivity index (χ3n) is 21.7. The van der Waals surface area contributed by atoms with E-state index in [0.717, 1.165) is 39.9 Å². The van der Waals surface area contributed by atoms with Crippen LogP contribution in [0.15, 0.2) is 97.2 Å². The summed E-state index contributed by atoms with van der Waals surface area (Å²) in [5.74, 6) is -8.99. The number of rotatable bonds is 12. The van der Waals surface area contributed by atoms with Crippen molar-refractivity contribution >= 4 is 81.8 Å². The van der Waals surface area contributed by atoms with Crippen molar-refractivity contribution in [3.05, 3.63) is 136 Å². The molecule has 2 fully saturated rings. The molecule has 10 atom stereocenters. The number of hydrogen-bond donors (Lipinski definition) is 10. The standard InChI is InChI=1S/C82H109FN14O15.ClH/c1-51-74(103)91-65(47-86-68(99)19-11-10-14-40-97(4,5)6)76(105)88-62-43-56-17-15-18-57(41-56)46-85-70(101)50-112-67-33-39-95-73(67)78(107)92-72(52(2)98)77(106)90-63(42-54-24-27-60(111-7)28-25-54)80(109)96-38-16-34-82(96,3)81(110)84-35-32-53-20-22-55(23-21-53)48-94(71(102)31-30-69(100)87-51)37-13-9-8-12-36-93-49-58(44-64(79(95)108)89-75(62)104)61-45-59(83)26-29-66(61)93;/h15,17-18,20-29,41,45,49,51-52,62-65,67,72-73,98H,8-14,16,19,30-40,42-44,46-48,50H2,1-7H3,(H8-,84,85,86,87,88,89,90,91,92,99,100,101,103,104,105,106,107,110);1H/t51-,52+,62?,63-,64-,65+,67-,72?,73?,82-;/m0./s1. The number of aliphatic hydroxyl groups excluding tert-OH is 1. The summed E-state index contributed by atoms with van der Waals surface area (Å²) in [7, 11) is 7.69. The van der Waals surface area contributed by atoms with Crippen molar-refractivity contribution in [1.82, 2.24) is 67.1 Å². The molecule has 0 spiro atoms. The van der Waals surface area contributed by atoms with Gasteiger partial charge in [-0.3, -0.25) is 57.5 Å². The molecule has 3 unspecified atom stereocenters. The molecule has 11 rings (SSSR count). The highest BCUT2D eigenvalue weighted by atomic mass is 35.5. The fourth-order valence-electron chi connectivity index (χ4n) is 15.3. The summed E-state index contributed by atoms with van der Waals surface area (Å²) >= 11 is 0. The predicted molar refractivity (Wildman–Crippen MR) is 413 cm³/mol. The molecule has 4 aromatic carbocycles. The third kappa shape index (κ3) is 23.8. The van der Waals surface area contributed by atoms with Crippen LogP contribution in [0.3, 0.4) is 0 Å². The van der Waals surface area contributed by atoms with Crippen LogP contribution in [0.1, 0.15) is 138 Å². The zero-order valence-corrected chi connectivity index (χ0v) is 66.4. The number of methoxy groups -OCH3 is 1. The van der Waals surface area contributed by atoms with Crippen molar-refractivity contribution < 1.29 is 93.4 Å². The Labute approximate surface area is 665 Å². The van der Waals surface area contributed by atoms with Crippen molar-refractivity contribution in [2.24, 2.45) is 0 Å². The topological polar surface area (TPSA) is 366 Å². The molecule has 12 amide bonds. The van der Waals surface area contributed by atoms with E-state index in [1.807, 2.05) is 28.8 Å². The Morgan fingerprint density at radius 3 is 2.14 bits per heavy atom. The van der Waals surface area contributed by atoms with E-state index in [4.69, 9.17) is 9.47 Å². The van der Waals surface area contributed by atoms with Gasteiger partial charge in [0.1, 0.15) is 66.0 Å². The summed E-state index contributed by atoms with van der Waals surface area (Å²) < 4.78 is 30.2. The second kappa shape index (κ2) is 40.1. The van der Waals surface area contributed by atoms with Gasteiger partial charge in [0.25, 0.3) is 0 Å². The van der Waals surface area contributed by atoms with Crippen LogP contribution in [0.25, 0.3) is 10.9 Å². The predicted octanol–water partition coefficient (Wildman–Crippen LogP) is -0.435. The Bertz CT molecular complexity index is 4230. The Balaban J connectivity index is 0.0000146. The summed E-state index contributed by atoms with van der Waals surface area (Å²) in [6, 6.07) is 14.1. The van der Waals surface area contributed by atoms with E-state index in [2.05, 4.69) is 69.0 Å². The Morgan fingerprint density at radius 2 is 1.41 bits per heavy atom. The molecular weight excluding hydrogens is 1480 g/mol. The SMILES string of the molecule is COc1ccc(C[C@@H]2NC(=O)C([C@@H](C)O)NC(=O)C3[C@@H]4CCN3C(=O)[C@@H]3Cc5cn(c6ccc(F)cc56)CCCCCCN(Cc5ccc(cc5)CCNC(=O)[C@]5(C)CCCN5C2=O)C(=O)CCC(=O)N[C@@H](C)C(=O)N[C@H](CNC(=O)CCCCC[N+](C)(C)C)C(=O)NC(Cc2cccc(c2)CNC(=O)CO4)C(=O)N3)cc1.[Cl-]. The quantitative estimate of drug-likeness (QED) is 0.0560. The second-order valence-corrected chi connectivity index (χ2v) is 31.5. The van der Waals surface area contributed by atoms with Gasteiger partial charge in [-0.05, 0) is 142 Å². The lowest BCUT2D eigenvalue weighted by Gasteiger charge is -2.37. The molecule has 0 saturated carbocycles. The second-order valence-electron chi connectivity index (χ2n) is 31.5. The minimum Gasteiger partial charge on any atom is -1.00 e. The number of amides is 12. The zero-order chi connectivity index (χ0) is 80.4. The van der Waals surface area contributed by atoms with E-state index >= 15 is 33.2 Å². The molecule has 5 aromatic rings. The molecule has 0 radical (unpaired) electrons. The average Bonchev–Trinajstić information content (AvgIpc) is 1.65. The number of aromatic nitrogens is 1. The summed E-state index contributed by atoms with van der Waals surface area (Å²) in [4.78, 5) is 183. The van der Waals surface area contributed by atoms with E-state index < -0.39 is 144 Å². The van der Waals surface area contributed by atoms with Crippen molar-refractivity contribution in [1.29, 1.82) is 0 Å². The van der Waals surface area contributed by atoms with Crippen LogP contribution in [0.2, 0.25) is 0 Å². The maximum atomic E-state index is 16.2. The van der Waals surface area contributed by atoms with Crippen molar-refractivity contribution in [3.63, 3.8) is 0 Å². The summed E-state index contributed by atoms with van der Waals surface area (Å²) in [5, 5.41) is 37.2. The Kier molecular flexibility index (Phi) is 30.9. The lowest BCUT2D eigenvalue weighted by molar-refractivity contribution is -0.870. The number of aliphatic hydroxyl groups is 1. The molecular formula is C82H110ClFN14O15. The number of quaternary nitrogens is 1. The first-order chi connectivity index (χ1) is 53.5. The number of nitrogens with one attached hydrogen (secondary N) is 9. The van der Waals surface area contributed by atoms with Gasteiger partial charge in [-0.15, -0.1) is 0 Å². The van der Waals surface area contributed by atoms with Gasteiger partial charge >= 0.3 is 0 Å². The van der Waals surface area contributed by atoms with Crippen LogP contribution in [0, 0.1) is 5.82 Å². The van der Waals surface area contributed by atoms with Gasteiger partial charge in [-0.25, -0.2) is 4.39 Å². The number of benzene rings is 4. The summed E-state index contributed by atoms with van der Waals surface area (Å²) in [5.41, 5.74) is 2.77. The van der Waals surface area contributed by atoms with E-state index in [-0.39, 0.29) is 102 Å². The fraction of sp³-hybridized carbons (Fsp3) is 0.537. The number of carbonyl (C=O) groups is 12. The number of aryl methyl sites for hydroxylation is 1. The van der Waals surface area contributed by atoms with Gasteiger partial charge in [-0.2, -0.15) is 0 Å². The minimum atomic E-state index is -1.85. The molecule has 6 aliphatic rings. The van der Waals surface area contributed by atoms with Crippen molar-refractivity contribution in [3.8, 4) is 5.75 Å². The molecule has 0 aliphatic carbocycles.